The maximum Gasteiger partial charge on any atom is 0.247 e. The second-order valence-electron chi connectivity index (χ2n) is 6.38. The molecule has 1 aromatic heterocycles. The molecule has 0 fully saturated rings. The third kappa shape index (κ3) is 3.92. The standard InChI is InChI=1S/C19H26N4O/c1-13(2)23(14(3)4)16-10-8-15(9-11-16)18(19(24)22-20)17-7-5-6-12-21-17/h5-14,18H,20H2,1-4H3,(H,22,24). The van der Waals surface area contributed by atoms with Gasteiger partial charge in [-0.25, -0.2) is 5.84 Å². The lowest BCUT2D eigenvalue weighted by atomic mass is 9.94. The molecule has 0 saturated carbocycles. The van der Waals surface area contributed by atoms with Crippen LogP contribution in [0.25, 0.3) is 0 Å². The van der Waals surface area contributed by atoms with Crippen molar-refractivity contribution in [3.8, 4) is 0 Å². The van der Waals surface area contributed by atoms with Crippen LogP contribution in [0.3, 0.4) is 0 Å². The van der Waals surface area contributed by atoms with Crippen LogP contribution in [-0.4, -0.2) is 23.0 Å². The summed E-state index contributed by atoms with van der Waals surface area (Å²) in [7, 11) is 0. The molecule has 5 heteroatoms. The molecule has 2 rings (SSSR count). The van der Waals surface area contributed by atoms with E-state index >= 15 is 0 Å². The molecule has 3 N–H and O–H groups in total. The molecule has 0 aliphatic heterocycles. The maximum atomic E-state index is 12.3. The first-order valence-corrected chi connectivity index (χ1v) is 8.25. The largest absolute Gasteiger partial charge is 0.367 e. The molecule has 24 heavy (non-hydrogen) atoms. The molecule has 0 spiro atoms. The minimum Gasteiger partial charge on any atom is -0.367 e. The summed E-state index contributed by atoms with van der Waals surface area (Å²) in [6.07, 6.45) is 1.68. The molecule has 0 aliphatic carbocycles. The van der Waals surface area contributed by atoms with Crippen molar-refractivity contribution in [3.05, 3.63) is 59.9 Å². The van der Waals surface area contributed by atoms with E-state index in [2.05, 4.69) is 55.1 Å². The Kier molecular flexibility index (Phi) is 5.93. The van der Waals surface area contributed by atoms with Crippen LogP contribution >= 0.6 is 0 Å². The Hall–Kier alpha value is -2.40. The molecule has 128 valence electrons. The van der Waals surface area contributed by atoms with Gasteiger partial charge in [-0.15, -0.1) is 0 Å². The van der Waals surface area contributed by atoms with Gasteiger partial charge < -0.3 is 4.90 Å². The zero-order valence-electron chi connectivity index (χ0n) is 14.7. The van der Waals surface area contributed by atoms with Crippen molar-refractivity contribution in [1.82, 2.24) is 10.4 Å². The molecule has 0 aliphatic rings. The molecule has 1 aromatic carbocycles. The zero-order valence-corrected chi connectivity index (χ0v) is 14.7. The van der Waals surface area contributed by atoms with Crippen molar-refractivity contribution in [2.45, 2.75) is 45.7 Å². The molecule has 1 heterocycles. The molecule has 2 aromatic rings. The molecule has 1 unspecified atom stereocenters. The minimum absolute atomic E-state index is 0.272. The molecule has 1 amide bonds. The summed E-state index contributed by atoms with van der Waals surface area (Å²) in [5, 5.41) is 0. The van der Waals surface area contributed by atoms with Gasteiger partial charge in [0.1, 0.15) is 5.92 Å². The number of aromatic nitrogens is 1. The predicted octanol–water partition coefficient (Wildman–Crippen LogP) is 2.83. The second kappa shape index (κ2) is 7.93. The van der Waals surface area contributed by atoms with Gasteiger partial charge in [0, 0.05) is 24.0 Å². The number of anilines is 1. The van der Waals surface area contributed by atoms with E-state index in [4.69, 9.17) is 5.84 Å². The molecule has 0 saturated heterocycles. The number of nitrogens with one attached hydrogen (secondary N) is 1. The number of benzene rings is 1. The highest BCUT2D eigenvalue weighted by atomic mass is 16.2. The quantitative estimate of drug-likeness (QED) is 0.486. The SMILES string of the molecule is CC(C)N(c1ccc(C(C(=O)NN)c2ccccn2)cc1)C(C)C. The van der Waals surface area contributed by atoms with Crippen molar-refractivity contribution < 1.29 is 4.79 Å². The van der Waals surface area contributed by atoms with E-state index in [0.717, 1.165) is 11.3 Å². The summed E-state index contributed by atoms with van der Waals surface area (Å²) in [6, 6.07) is 14.4. The summed E-state index contributed by atoms with van der Waals surface area (Å²) in [5.41, 5.74) is 4.93. The lowest BCUT2D eigenvalue weighted by molar-refractivity contribution is -0.121. The monoisotopic (exact) mass is 326 g/mol. The van der Waals surface area contributed by atoms with Gasteiger partial charge in [-0.3, -0.25) is 15.2 Å². The average molecular weight is 326 g/mol. The Morgan fingerprint density at radius 3 is 2.12 bits per heavy atom. The second-order valence-corrected chi connectivity index (χ2v) is 6.38. The fourth-order valence-corrected chi connectivity index (χ4v) is 3.12. The third-order valence-electron chi connectivity index (χ3n) is 4.03. The lowest BCUT2D eigenvalue weighted by Gasteiger charge is -2.33. The molecular formula is C19H26N4O. The molecule has 1 atom stereocenters. The van der Waals surface area contributed by atoms with Gasteiger partial charge in [0.05, 0.1) is 5.69 Å². The van der Waals surface area contributed by atoms with Crippen molar-refractivity contribution in [2.75, 3.05) is 4.90 Å². The van der Waals surface area contributed by atoms with Crippen molar-refractivity contribution in [2.24, 2.45) is 5.84 Å². The van der Waals surface area contributed by atoms with E-state index in [1.165, 1.54) is 0 Å². The number of hydrogen-bond donors (Lipinski definition) is 2. The third-order valence-corrected chi connectivity index (χ3v) is 4.03. The van der Waals surface area contributed by atoms with Crippen LogP contribution in [0.4, 0.5) is 5.69 Å². The molecule has 0 bridgehead atoms. The van der Waals surface area contributed by atoms with Gasteiger partial charge in [0.2, 0.25) is 5.91 Å². The van der Waals surface area contributed by atoms with Crippen LogP contribution in [0.2, 0.25) is 0 Å². The first kappa shape index (κ1) is 17.9. The normalized spacial score (nSPS) is 12.3. The van der Waals surface area contributed by atoms with Gasteiger partial charge in [0.15, 0.2) is 0 Å². The van der Waals surface area contributed by atoms with E-state index in [0.29, 0.717) is 17.8 Å². The summed E-state index contributed by atoms with van der Waals surface area (Å²) >= 11 is 0. The maximum absolute atomic E-state index is 12.3. The Labute approximate surface area is 143 Å². The van der Waals surface area contributed by atoms with E-state index in [1.807, 2.05) is 30.3 Å². The van der Waals surface area contributed by atoms with Crippen LogP contribution in [0, 0.1) is 0 Å². The van der Waals surface area contributed by atoms with Crippen LogP contribution < -0.4 is 16.2 Å². The number of pyridine rings is 1. The smallest absolute Gasteiger partial charge is 0.247 e. The summed E-state index contributed by atoms with van der Waals surface area (Å²) in [4.78, 5) is 18.9. The van der Waals surface area contributed by atoms with Crippen molar-refractivity contribution in [1.29, 1.82) is 0 Å². The summed E-state index contributed by atoms with van der Waals surface area (Å²) < 4.78 is 0. The highest BCUT2D eigenvalue weighted by Crippen LogP contribution is 2.27. The number of amides is 1. The number of carbonyl (C=O) groups is 1. The van der Waals surface area contributed by atoms with Gasteiger partial charge in [-0.05, 0) is 57.5 Å². The van der Waals surface area contributed by atoms with E-state index in [1.54, 1.807) is 6.20 Å². The Morgan fingerprint density at radius 2 is 1.67 bits per heavy atom. The Balaban J connectivity index is 2.37. The fraction of sp³-hybridized carbons (Fsp3) is 0.368. The number of nitrogens with two attached hydrogens (primary N) is 1. The lowest BCUT2D eigenvalue weighted by Crippen LogP contribution is -2.37. The number of nitrogens with zero attached hydrogens (tertiary/aromatic N) is 2. The molecular weight excluding hydrogens is 300 g/mol. The Bertz CT molecular complexity index is 645. The van der Waals surface area contributed by atoms with Gasteiger partial charge in [-0.2, -0.15) is 0 Å². The minimum atomic E-state index is -0.517. The first-order chi connectivity index (χ1) is 11.5. The van der Waals surface area contributed by atoms with Crippen molar-refractivity contribution in [3.63, 3.8) is 0 Å². The van der Waals surface area contributed by atoms with E-state index in [-0.39, 0.29) is 5.91 Å². The van der Waals surface area contributed by atoms with Crippen LogP contribution in [-0.2, 0) is 4.79 Å². The summed E-state index contributed by atoms with van der Waals surface area (Å²) in [5.74, 6) is 4.58. The van der Waals surface area contributed by atoms with Crippen LogP contribution in [0.15, 0.2) is 48.7 Å². The highest BCUT2D eigenvalue weighted by Gasteiger charge is 2.24. The van der Waals surface area contributed by atoms with E-state index in [9.17, 15) is 4.79 Å². The number of hydrogen-bond acceptors (Lipinski definition) is 4. The van der Waals surface area contributed by atoms with Crippen molar-refractivity contribution >= 4 is 11.6 Å². The van der Waals surface area contributed by atoms with Gasteiger partial charge >= 0.3 is 0 Å². The zero-order chi connectivity index (χ0) is 17.7. The number of rotatable bonds is 6. The Morgan fingerprint density at radius 1 is 1.04 bits per heavy atom. The predicted molar refractivity (Wildman–Crippen MR) is 97.6 cm³/mol. The average Bonchev–Trinajstić information content (AvgIpc) is 2.56. The molecule has 5 nitrogen and oxygen atoms in total. The topological polar surface area (TPSA) is 71.2 Å². The number of hydrazine groups is 1. The highest BCUT2D eigenvalue weighted by molar-refractivity contribution is 5.86. The first-order valence-electron chi connectivity index (χ1n) is 8.25. The van der Waals surface area contributed by atoms with Crippen LogP contribution in [0.1, 0.15) is 44.9 Å². The van der Waals surface area contributed by atoms with Gasteiger partial charge in [0.25, 0.3) is 0 Å². The summed E-state index contributed by atoms with van der Waals surface area (Å²) in [6.45, 7) is 8.69. The van der Waals surface area contributed by atoms with Gasteiger partial charge in [-0.1, -0.05) is 18.2 Å². The fourth-order valence-electron chi connectivity index (χ4n) is 3.12. The van der Waals surface area contributed by atoms with Crippen LogP contribution in [0.5, 0.6) is 0 Å². The molecule has 0 radical (unpaired) electrons. The number of carbonyl (C=O) groups excluding carboxylic acids is 1. The van der Waals surface area contributed by atoms with E-state index < -0.39 is 5.92 Å².